The van der Waals surface area contributed by atoms with Crippen LogP contribution in [0.15, 0.2) is 17.0 Å². The number of hydrogen-bond donors (Lipinski definition) is 1. The smallest absolute Gasteiger partial charge is 0.247 e. The van der Waals surface area contributed by atoms with E-state index in [1.165, 1.54) is 17.5 Å². The Morgan fingerprint density at radius 3 is 2.86 bits per heavy atom. The highest BCUT2D eigenvalue weighted by Crippen LogP contribution is 2.31. The van der Waals surface area contributed by atoms with E-state index in [0.29, 0.717) is 5.69 Å². The number of anilines is 1. The molecule has 0 aliphatic carbocycles. The van der Waals surface area contributed by atoms with Gasteiger partial charge in [-0.1, -0.05) is 0 Å². The average Bonchev–Trinajstić information content (AvgIpc) is 2.49. The number of ether oxygens (including phenoxy) is 2. The van der Waals surface area contributed by atoms with Gasteiger partial charge in [0.15, 0.2) is 6.10 Å². The van der Waals surface area contributed by atoms with E-state index < -0.39 is 16.1 Å². The molecule has 114 valence electrons. The summed E-state index contributed by atoms with van der Waals surface area (Å²) in [6, 6.07) is 4.90. The first kappa shape index (κ1) is 15.6. The zero-order valence-corrected chi connectivity index (χ0v) is 12.7. The molecule has 1 aromatic carbocycles. The maximum Gasteiger partial charge on any atom is 0.247 e. The molecule has 7 nitrogen and oxygen atoms in total. The standard InChI is InChI=1S/C13H17N3O4S/c1-9-5-12(19-2)13(6-11(9)15)21(17,18)16-3-4-20-10(7-14)8-16/h5-6,10H,3-4,8,15H2,1-2H3. The van der Waals surface area contributed by atoms with E-state index in [9.17, 15) is 8.42 Å². The first-order valence-corrected chi connectivity index (χ1v) is 7.79. The fourth-order valence-corrected chi connectivity index (χ4v) is 3.70. The molecule has 1 unspecified atom stereocenters. The summed E-state index contributed by atoms with van der Waals surface area (Å²) in [5.74, 6) is 0.238. The van der Waals surface area contributed by atoms with Crippen LogP contribution in [0.5, 0.6) is 5.75 Å². The first-order valence-electron chi connectivity index (χ1n) is 6.35. The van der Waals surface area contributed by atoms with Crippen LogP contribution in [0.3, 0.4) is 0 Å². The fraction of sp³-hybridized carbons (Fsp3) is 0.462. The topological polar surface area (TPSA) is 106 Å². The Labute approximate surface area is 123 Å². The van der Waals surface area contributed by atoms with E-state index in [1.807, 2.05) is 6.07 Å². The van der Waals surface area contributed by atoms with Gasteiger partial charge in [-0.15, -0.1) is 0 Å². The second-order valence-electron chi connectivity index (χ2n) is 4.71. The summed E-state index contributed by atoms with van der Waals surface area (Å²) in [5.41, 5.74) is 6.92. The third kappa shape index (κ3) is 2.95. The van der Waals surface area contributed by atoms with Crippen molar-refractivity contribution in [2.24, 2.45) is 0 Å². The van der Waals surface area contributed by atoms with Crippen molar-refractivity contribution in [3.63, 3.8) is 0 Å². The normalized spacial score (nSPS) is 20.0. The second kappa shape index (κ2) is 5.89. The molecule has 0 radical (unpaired) electrons. The van der Waals surface area contributed by atoms with Crippen LogP contribution in [0, 0.1) is 18.3 Å². The number of nitrogens with zero attached hydrogens (tertiary/aromatic N) is 2. The number of sulfonamides is 1. The van der Waals surface area contributed by atoms with Crippen molar-refractivity contribution in [3.05, 3.63) is 17.7 Å². The largest absolute Gasteiger partial charge is 0.495 e. The van der Waals surface area contributed by atoms with Crippen LogP contribution in [0.1, 0.15) is 5.56 Å². The van der Waals surface area contributed by atoms with Crippen molar-refractivity contribution in [3.8, 4) is 11.8 Å². The van der Waals surface area contributed by atoms with Gasteiger partial charge in [0.05, 0.1) is 26.3 Å². The number of morpholine rings is 1. The van der Waals surface area contributed by atoms with Gasteiger partial charge in [0, 0.05) is 12.2 Å². The van der Waals surface area contributed by atoms with Crippen LogP contribution in [0.4, 0.5) is 5.69 Å². The van der Waals surface area contributed by atoms with Crippen molar-refractivity contribution < 1.29 is 17.9 Å². The SMILES string of the molecule is COc1cc(C)c(N)cc1S(=O)(=O)N1CCOC(C#N)C1. The molecule has 0 spiro atoms. The van der Waals surface area contributed by atoms with Gasteiger partial charge in [0.1, 0.15) is 10.6 Å². The average molecular weight is 311 g/mol. The van der Waals surface area contributed by atoms with Crippen LogP contribution < -0.4 is 10.5 Å². The molecule has 1 heterocycles. The predicted molar refractivity (Wildman–Crippen MR) is 76.3 cm³/mol. The van der Waals surface area contributed by atoms with E-state index in [1.54, 1.807) is 13.0 Å². The van der Waals surface area contributed by atoms with Crippen LogP contribution in [0.2, 0.25) is 0 Å². The van der Waals surface area contributed by atoms with Crippen molar-refractivity contribution in [1.29, 1.82) is 5.26 Å². The minimum Gasteiger partial charge on any atom is -0.495 e. The Morgan fingerprint density at radius 1 is 1.52 bits per heavy atom. The van der Waals surface area contributed by atoms with Gasteiger partial charge in [0.2, 0.25) is 10.0 Å². The Balaban J connectivity index is 2.44. The number of nitrogen functional groups attached to an aromatic ring is 1. The molecule has 2 rings (SSSR count). The summed E-state index contributed by atoms with van der Waals surface area (Å²) >= 11 is 0. The van der Waals surface area contributed by atoms with Gasteiger partial charge in [-0.05, 0) is 24.6 Å². The number of nitriles is 1. The summed E-state index contributed by atoms with van der Waals surface area (Å²) in [6.45, 7) is 2.14. The van der Waals surface area contributed by atoms with Crippen molar-refractivity contribution in [2.45, 2.75) is 17.9 Å². The fourth-order valence-electron chi connectivity index (χ4n) is 2.10. The third-order valence-electron chi connectivity index (χ3n) is 3.34. The van der Waals surface area contributed by atoms with Crippen LogP contribution in [0.25, 0.3) is 0 Å². The lowest BCUT2D eigenvalue weighted by atomic mass is 10.2. The highest BCUT2D eigenvalue weighted by Gasteiger charge is 2.33. The lowest BCUT2D eigenvalue weighted by Crippen LogP contribution is -2.45. The molecular weight excluding hydrogens is 294 g/mol. The highest BCUT2D eigenvalue weighted by atomic mass is 32.2. The molecule has 0 saturated carbocycles. The monoisotopic (exact) mass is 311 g/mol. The predicted octanol–water partition coefficient (Wildman–Crippen LogP) is 0.499. The number of nitrogens with two attached hydrogens (primary N) is 1. The molecule has 1 aromatic rings. The zero-order valence-electron chi connectivity index (χ0n) is 11.9. The summed E-state index contributed by atoms with van der Waals surface area (Å²) in [7, 11) is -2.39. The number of methoxy groups -OCH3 is 1. The second-order valence-corrected chi connectivity index (χ2v) is 6.62. The molecular formula is C13H17N3O4S. The summed E-state index contributed by atoms with van der Waals surface area (Å²) in [6.07, 6.45) is -0.762. The third-order valence-corrected chi connectivity index (χ3v) is 5.23. The maximum absolute atomic E-state index is 12.7. The van der Waals surface area contributed by atoms with Gasteiger partial charge >= 0.3 is 0 Å². The number of rotatable bonds is 3. The molecule has 8 heteroatoms. The minimum atomic E-state index is -3.79. The lowest BCUT2D eigenvalue weighted by molar-refractivity contribution is 0.0311. The Morgan fingerprint density at radius 2 is 2.24 bits per heavy atom. The lowest BCUT2D eigenvalue weighted by Gasteiger charge is -2.29. The molecule has 1 saturated heterocycles. The minimum absolute atomic E-state index is 0.00420. The maximum atomic E-state index is 12.7. The molecule has 2 N–H and O–H groups in total. The number of hydrogen-bond acceptors (Lipinski definition) is 6. The van der Waals surface area contributed by atoms with E-state index in [-0.39, 0.29) is 30.3 Å². The zero-order chi connectivity index (χ0) is 15.6. The van der Waals surface area contributed by atoms with E-state index in [0.717, 1.165) is 5.56 Å². The number of benzene rings is 1. The summed E-state index contributed by atoms with van der Waals surface area (Å²) < 4.78 is 37.0. The van der Waals surface area contributed by atoms with E-state index in [4.69, 9.17) is 20.5 Å². The van der Waals surface area contributed by atoms with E-state index in [2.05, 4.69) is 0 Å². The van der Waals surface area contributed by atoms with Gasteiger partial charge in [-0.2, -0.15) is 9.57 Å². The number of aryl methyl sites for hydroxylation is 1. The van der Waals surface area contributed by atoms with Crippen LogP contribution in [-0.4, -0.2) is 45.6 Å². The molecule has 1 fully saturated rings. The van der Waals surface area contributed by atoms with Crippen LogP contribution in [-0.2, 0) is 14.8 Å². The molecule has 0 amide bonds. The Kier molecular flexibility index (Phi) is 4.37. The summed E-state index contributed by atoms with van der Waals surface area (Å²) in [4.78, 5) is 0.00619. The van der Waals surface area contributed by atoms with Gasteiger partial charge < -0.3 is 15.2 Å². The van der Waals surface area contributed by atoms with Crippen molar-refractivity contribution >= 4 is 15.7 Å². The van der Waals surface area contributed by atoms with Crippen molar-refractivity contribution in [2.75, 3.05) is 32.5 Å². The van der Waals surface area contributed by atoms with Crippen LogP contribution >= 0.6 is 0 Å². The summed E-state index contributed by atoms with van der Waals surface area (Å²) in [5, 5.41) is 8.89. The quantitative estimate of drug-likeness (QED) is 0.815. The molecule has 1 atom stereocenters. The molecule has 0 aromatic heterocycles. The van der Waals surface area contributed by atoms with Gasteiger partial charge in [-0.25, -0.2) is 8.42 Å². The molecule has 1 aliphatic heterocycles. The first-order chi connectivity index (χ1) is 9.90. The molecule has 1 aliphatic rings. The Hall–Kier alpha value is -1.82. The van der Waals surface area contributed by atoms with Gasteiger partial charge in [0.25, 0.3) is 0 Å². The molecule has 0 bridgehead atoms. The molecule has 21 heavy (non-hydrogen) atoms. The van der Waals surface area contributed by atoms with Gasteiger partial charge in [-0.3, -0.25) is 0 Å². The van der Waals surface area contributed by atoms with Crippen molar-refractivity contribution in [1.82, 2.24) is 4.31 Å². The highest BCUT2D eigenvalue weighted by molar-refractivity contribution is 7.89. The Bertz CT molecular complexity index is 681. The van der Waals surface area contributed by atoms with E-state index >= 15 is 0 Å².